The fraction of sp³-hybridized carbons (Fsp3) is 0.455. The molecule has 0 bridgehead atoms. The number of hydrogen-bond acceptors (Lipinski definition) is 4. The fourth-order valence-corrected chi connectivity index (χ4v) is 2.46. The molecule has 1 aromatic heterocycles. The first-order chi connectivity index (χ1) is 8.16. The summed E-state index contributed by atoms with van der Waals surface area (Å²) in [6.07, 6.45) is 2.09. The van der Waals surface area contributed by atoms with E-state index in [0.717, 1.165) is 30.8 Å². The zero-order chi connectivity index (χ0) is 12.3. The van der Waals surface area contributed by atoms with Crippen molar-refractivity contribution < 1.29 is 19.4 Å². The molecule has 0 saturated carbocycles. The Balaban J connectivity index is 1.87. The first kappa shape index (κ1) is 12.1. The van der Waals surface area contributed by atoms with E-state index in [2.05, 4.69) is 5.32 Å². The second-order valence-corrected chi connectivity index (χ2v) is 4.76. The lowest BCUT2D eigenvalue weighted by Gasteiger charge is -2.09. The molecule has 2 N–H and O–H groups in total. The summed E-state index contributed by atoms with van der Waals surface area (Å²) >= 11 is 1.13. The number of hydrogen-bond donors (Lipinski definition) is 2. The molecule has 2 heterocycles. The Kier molecular flexibility index (Phi) is 3.75. The van der Waals surface area contributed by atoms with Gasteiger partial charge < -0.3 is 15.2 Å². The van der Waals surface area contributed by atoms with Gasteiger partial charge in [-0.15, -0.1) is 11.3 Å². The third kappa shape index (κ3) is 3.04. The number of aromatic carboxylic acids is 1. The second-order valence-electron chi connectivity index (χ2n) is 3.85. The average Bonchev–Trinajstić information content (AvgIpc) is 2.96. The maximum atomic E-state index is 11.7. The predicted octanol–water partition coefficient (Wildman–Crippen LogP) is 1.36. The monoisotopic (exact) mass is 255 g/mol. The smallest absolute Gasteiger partial charge is 0.336 e. The third-order valence-corrected chi connectivity index (χ3v) is 3.51. The van der Waals surface area contributed by atoms with E-state index < -0.39 is 5.97 Å². The fourth-order valence-electron chi connectivity index (χ4n) is 1.67. The molecule has 5 nitrogen and oxygen atoms in total. The molecule has 1 aliphatic heterocycles. The molecule has 1 aliphatic rings. The topological polar surface area (TPSA) is 75.6 Å². The minimum Gasteiger partial charge on any atom is -0.478 e. The van der Waals surface area contributed by atoms with Crippen molar-refractivity contribution in [3.8, 4) is 0 Å². The van der Waals surface area contributed by atoms with Crippen LogP contribution in [0.5, 0.6) is 0 Å². The summed E-state index contributed by atoms with van der Waals surface area (Å²) < 4.78 is 5.38. The quantitative estimate of drug-likeness (QED) is 0.851. The molecule has 1 aromatic rings. The molecule has 1 saturated heterocycles. The van der Waals surface area contributed by atoms with Gasteiger partial charge in [0.05, 0.1) is 16.5 Å². The first-order valence-corrected chi connectivity index (χ1v) is 6.26. The Morgan fingerprint density at radius 3 is 3.00 bits per heavy atom. The van der Waals surface area contributed by atoms with Gasteiger partial charge in [0.1, 0.15) is 0 Å². The number of carbonyl (C=O) groups excluding carboxylic acids is 1. The number of rotatable bonds is 4. The maximum Gasteiger partial charge on any atom is 0.336 e. The van der Waals surface area contributed by atoms with E-state index in [-0.39, 0.29) is 17.6 Å². The molecule has 0 aromatic carbocycles. The van der Waals surface area contributed by atoms with Gasteiger partial charge in [-0.05, 0) is 18.9 Å². The summed E-state index contributed by atoms with van der Waals surface area (Å²) in [4.78, 5) is 22.8. The van der Waals surface area contributed by atoms with Crippen LogP contribution >= 0.6 is 11.3 Å². The molecule has 92 valence electrons. The van der Waals surface area contributed by atoms with Gasteiger partial charge in [-0.3, -0.25) is 4.79 Å². The number of carboxylic acid groups (broad SMARTS) is 1. The molecule has 1 fully saturated rings. The van der Waals surface area contributed by atoms with Crippen LogP contribution in [-0.2, 0) is 4.74 Å². The summed E-state index contributed by atoms with van der Waals surface area (Å²) in [5.74, 6) is -1.25. The van der Waals surface area contributed by atoms with E-state index >= 15 is 0 Å². The van der Waals surface area contributed by atoms with E-state index in [4.69, 9.17) is 9.84 Å². The molecule has 1 amide bonds. The van der Waals surface area contributed by atoms with Crippen LogP contribution in [0.3, 0.4) is 0 Å². The van der Waals surface area contributed by atoms with Crippen molar-refractivity contribution in [1.29, 1.82) is 0 Å². The van der Waals surface area contributed by atoms with E-state index in [1.807, 2.05) is 0 Å². The standard InChI is InChI=1S/C11H13NO4S/c13-10(12-5-8-2-1-3-16-8)9-4-7(6-17-9)11(14)15/h4,6,8H,1-3,5H2,(H,12,13)(H,14,15). The van der Waals surface area contributed by atoms with E-state index in [1.54, 1.807) is 0 Å². The third-order valence-electron chi connectivity index (χ3n) is 2.58. The highest BCUT2D eigenvalue weighted by molar-refractivity contribution is 7.12. The van der Waals surface area contributed by atoms with E-state index in [1.165, 1.54) is 11.4 Å². The molecule has 1 atom stereocenters. The Morgan fingerprint density at radius 2 is 2.41 bits per heavy atom. The highest BCUT2D eigenvalue weighted by Gasteiger charge is 2.18. The summed E-state index contributed by atoms with van der Waals surface area (Å²) in [5, 5.41) is 12.9. The van der Waals surface area contributed by atoms with E-state index in [0.29, 0.717) is 11.4 Å². The molecular weight excluding hydrogens is 242 g/mol. The van der Waals surface area contributed by atoms with Crippen LogP contribution in [0.2, 0.25) is 0 Å². The van der Waals surface area contributed by atoms with Gasteiger partial charge in [0.15, 0.2) is 0 Å². The van der Waals surface area contributed by atoms with Crippen molar-refractivity contribution in [2.45, 2.75) is 18.9 Å². The molecule has 0 aliphatic carbocycles. The Morgan fingerprint density at radius 1 is 1.59 bits per heavy atom. The zero-order valence-corrected chi connectivity index (χ0v) is 9.96. The van der Waals surface area contributed by atoms with Crippen LogP contribution in [0.15, 0.2) is 11.4 Å². The first-order valence-electron chi connectivity index (χ1n) is 5.38. The van der Waals surface area contributed by atoms with Crippen LogP contribution in [-0.4, -0.2) is 36.2 Å². The molecular formula is C11H13NO4S. The van der Waals surface area contributed by atoms with Gasteiger partial charge in [0, 0.05) is 18.5 Å². The minimum absolute atomic E-state index is 0.0952. The molecule has 6 heteroatoms. The maximum absolute atomic E-state index is 11.7. The molecule has 0 spiro atoms. The van der Waals surface area contributed by atoms with Crippen molar-refractivity contribution in [2.24, 2.45) is 0 Å². The average molecular weight is 255 g/mol. The lowest BCUT2D eigenvalue weighted by molar-refractivity contribution is 0.0697. The van der Waals surface area contributed by atoms with Gasteiger partial charge in [-0.25, -0.2) is 4.79 Å². The number of ether oxygens (including phenoxy) is 1. The van der Waals surface area contributed by atoms with Crippen molar-refractivity contribution in [3.05, 3.63) is 21.9 Å². The van der Waals surface area contributed by atoms with Gasteiger partial charge in [0.2, 0.25) is 0 Å². The second kappa shape index (κ2) is 5.29. The molecule has 1 unspecified atom stereocenters. The van der Waals surface area contributed by atoms with Crippen molar-refractivity contribution >= 4 is 23.2 Å². The minimum atomic E-state index is -1.01. The molecule has 17 heavy (non-hydrogen) atoms. The largest absolute Gasteiger partial charge is 0.478 e. The lowest BCUT2D eigenvalue weighted by atomic mass is 10.2. The lowest BCUT2D eigenvalue weighted by Crippen LogP contribution is -2.31. The predicted molar refractivity (Wildman–Crippen MR) is 62.6 cm³/mol. The zero-order valence-electron chi connectivity index (χ0n) is 9.14. The van der Waals surface area contributed by atoms with Gasteiger partial charge in [-0.2, -0.15) is 0 Å². The van der Waals surface area contributed by atoms with Crippen molar-refractivity contribution in [1.82, 2.24) is 5.32 Å². The summed E-state index contributed by atoms with van der Waals surface area (Å²) in [6, 6.07) is 1.39. The molecule has 0 radical (unpaired) electrons. The Labute approximate surface area is 102 Å². The summed E-state index contributed by atoms with van der Waals surface area (Å²) in [6.45, 7) is 1.24. The SMILES string of the molecule is O=C(O)c1csc(C(=O)NCC2CCCO2)c1. The highest BCUT2D eigenvalue weighted by Crippen LogP contribution is 2.15. The van der Waals surface area contributed by atoms with Gasteiger partial charge in [-0.1, -0.05) is 0 Å². The Bertz CT molecular complexity index is 423. The van der Waals surface area contributed by atoms with Crippen LogP contribution in [0.1, 0.15) is 32.9 Å². The Hall–Kier alpha value is -1.40. The number of nitrogens with one attached hydrogen (secondary N) is 1. The van der Waals surface area contributed by atoms with Crippen LogP contribution < -0.4 is 5.32 Å². The van der Waals surface area contributed by atoms with Gasteiger partial charge in [0.25, 0.3) is 5.91 Å². The van der Waals surface area contributed by atoms with Gasteiger partial charge >= 0.3 is 5.97 Å². The van der Waals surface area contributed by atoms with E-state index in [9.17, 15) is 9.59 Å². The van der Waals surface area contributed by atoms with Crippen molar-refractivity contribution in [2.75, 3.05) is 13.2 Å². The number of carbonyl (C=O) groups is 2. The highest BCUT2D eigenvalue weighted by atomic mass is 32.1. The molecule has 2 rings (SSSR count). The van der Waals surface area contributed by atoms with Crippen LogP contribution in [0.25, 0.3) is 0 Å². The number of thiophene rings is 1. The van der Waals surface area contributed by atoms with Crippen LogP contribution in [0, 0.1) is 0 Å². The number of amides is 1. The summed E-state index contributed by atoms with van der Waals surface area (Å²) in [5.41, 5.74) is 0.150. The van der Waals surface area contributed by atoms with Crippen LogP contribution in [0.4, 0.5) is 0 Å². The normalized spacial score (nSPS) is 19.2. The number of carboxylic acids is 1. The summed E-state index contributed by atoms with van der Waals surface area (Å²) in [7, 11) is 0. The van der Waals surface area contributed by atoms with Crippen molar-refractivity contribution in [3.63, 3.8) is 0 Å².